The predicted octanol–water partition coefficient (Wildman–Crippen LogP) is 2.16. The van der Waals surface area contributed by atoms with Crippen molar-refractivity contribution in [3.05, 3.63) is 65.5 Å². The zero-order chi connectivity index (χ0) is 15.5. The Morgan fingerprint density at radius 1 is 1.10 bits per heavy atom. The summed E-state index contributed by atoms with van der Waals surface area (Å²) in [5.41, 5.74) is 0.823. The molecule has 0 atom stereocenters. The monoisotopic (exact) mass is 307 g/mol. The summed E-state index contributed by atoms with van der Waals surface area (Å²) in [6.45, 7) is 0.192. The minimum Gasteiger partial charge on any atom is -0.348 e. The molecule has 0 bridgehead atoms. The molecule has 110 valence electrons. The number of nitrogens with one attached hydrogen (secondary N) is 1. The Kier molecular flexibility index (Phi) is 4.37. The van der Waals surface area contributed by atoms with Gasteiger partial charge in [0.1, 0.15) is 5.82 Å². The van der Waals surface area contributed by atoms with E-state index >= 15 is 0 Å². The molecule has 0 spiro atoms. The van der Waals surface area contributed by atoms with Crippen LogP contribution in [0.3, 0.4) is 0 Å². The lowest BCUT2D eigenvalue weighted by Crippen LogP contribution is -2.24. The Labute approximate surface area is 122 Å². The molecule has 0 fully saturated rings. The van der Waals surface area contributed by atoms with Gasteiger partial charge in [0.2, 0.25) is 0 Å². The number of hydrogen-bond donors (Lipinski definition) is 1. The molecule has 0 aliphatic carbocycles. The Balaban J connectivity index is 2.16. The highest BCUT2D eigenvalue weighted by Gasteiger charge is 2.17. The van der Waals surface area contributed by atoms with Crippen LogP contribution in [0.15, 0.2) is 53.4 Å². The summed E-state index contributed by atoms with van der Waals surface area (Å²) in [4.78, 5) is 12.1. The van der Waals surface area contributed by atoms with Gasteiger partial charge in [-0.3, -0.25) is 4.79 Å². The van der Waals surface area contributed by atoms with Crippen LogP contribution < -0.4 is 5.32 Å². The van der Waals surface area contributed by atoms with E-state index in [0.717, 1.165) is 11.8 Å². The first-order valence-electron chi connectivity index (χ1n) is 6.19. The highest BCUT2D eigenvalue weighted by molar-refractivity contribution is 7.90. The average Bonchev–Trinajstić information content (AvgIpc) is 2.45. The fourth-order valence-electron chi connectivity index (χ4n) is 1.86. The van der Waals surface area contributed by atoms with Crippen LogP contribution in [0.4, 0.5) is 4.39 Å². The molecular formula is C15H14FNO3S. The quantitative estimate of drug-likeness (QED) is 0.941. The molecule has 2 aromatic rings. The summed E-state index contributed by atoms with van der Waals surface area (Å²) in [6.07, 6.45) is 1.05. The summed E-state index contributed by atoms with van der Waals surface area (Å²) in [6, 6.07) is 11.7. The van der Waals surface area contributed by atoms with E-state index in [9.17, 15) is 17.6 Å². The van der Waals surface area contributed by atoms with Gasteiger partial charge in [-0.25, -0.2) is 12.8 Å². The molecule has 1 amide bonds. The molecule has 0 saturated carbocycles. The van der Waals surface area contributed by atoms with Gasteiger partial charge in [-0.15, -0.1) is 0 Å². The number of amides is 1. The lowest BCUT2D eigenvalue weighted by Gasteiger charge is -2.09. The minimum absolute atomic E-state index is 0.0124. The number of carbonyl (C=O) groups is 1. The van der Waals surface area contributed by atoms with Crippen LogP contribution in [0.1, 0.15) is 15.9 Å². The van der Waals surface area contributed by atoms with E-state index in [1.54, 1.807) is 24.3 Å². The minimum atomic E-state index is -3.48. The summed E-state index contributed by atoms with van der Waals surface area (Å²) < 4.78 is 36.1. The molecule has 0 aliphatic heterocycles. The lowest BCUT2D eigenvalue weighted by molar-refractivity contribution is 0.0947. The summed E-state index contributed by atoms with van der Waals surface area (Å²) in [5, 5.41) is 2.62. The van der Waals surface area contributed by atoms with E-state index in [1.807, 2.05) is 0 Å². The molecule has 2 aromatic carbocycles. The molecule has 0 aliphatic rings. The van der Waals surface area contributed by atoms with E-state index in [2.05, 4.69) is 5.32 Å². The topological polar surface area (TPSA) is 63.2 Å². The summed E-state index contributed by atoms with van der Waals surface area (Å²) in [5.74, 6) is -0.840. The summed E-state index contributed by atoms with van der Waals surface area (Å²) >= 11 is 0. The molecule has 0 aromatic heterocycles. The second kappa shape index (κ2) is 6.05. The maximum atomic E-state index is 12.8. The Bertz CT molecular complexity index is 755. The Morgan fingerprint density at radius 2 is 1.71 bits per heavy atom. The lowest BCUT2D eigenvalue weighted by atomic mass is 10.2. The zero-order valence-corrected chi connectivity index (χ0v) is 12.2. The van der Waals surface area contributed by atoms with Crippen LogP contribution >= 0.6 is 0 Å². The van der Waals surface area contributed by atoms with E-state index in [0.29, 0.717) is 0 Å². The molecule has 21 heavy (non-hydrogen) atoms. The summed E-state index contributed by atoms with van der Waals surface area (Å²) in [7, 11) is -3.48. The fraction of sp³-hybridized carbons (Fsp3) is 0.133. The van der Waals surface area contributed by atoms with Gasteiger partial charge in [0.15, 0.2) is 9.84 Å². The van der Waals surface area contributed by atoms with Crippen molar-refractivity contribution >= 4 is 15.7 Å². The normalized spacial score (nSPS) is 11.1. The zero-order valence-electron chi connectivity index (χ0n) is 11.3. The molecular weight excluding hydrogens is 293 g/mol. The van der Waals surface area contributed by atoms with Gasteiger partial charge in [0.05, 0.1) is 10.5 Å². The van der Waals surface area contributed by atoms with Crippen molar-refractivity contribution in [1.82, 2.24) is 5.32 Å². The third-order valence-electron chi connectivity index (χ3n) is 2.90. The van der Waals surface area contributed by atoms with Crippen LogP contribution in [0.25, 0.3) is 0 Å². The second-order valence-corrected chi connectivity index (χ2v) is 6.56. The highest BCUT2D eigenvalue weighted by atomic mass is 32.2. The molecule has 2 rings (SSSR count). The Hall–Kier alpha value is -2.21. The third-order valence-corrected chi connectivity index (χ3v) is 4.05. The largest absolute Gasteiger partial charge is 0.348 e. The van der Waals surface area contributed by atoms with Gasteiger partial charge >= 0.3 is 0 Å². The maximum absolute atomic E-state index is 12.8. The van der Waals surface area contributed by atoms with Gasteiger partial charge in [-0.05, 0) is 29.8 Å². The van der Waals surface area contributed by atoms with Crippen LogP contribution in [-0.4, -0.2) is 20.6 Å². The SMILES string of the molecule is CS(=O)(=O)c1ccccc1C(=O)NCc1ccc(F)cc1. The van der Waals surface area contributed by atoms with Gasteiger partial charge in [-0.1, -0.05) is 24.3 Å². The molecule has 4 nitrogen and oxygen atoms in total. The first kappa shape index (κ1) is 15.2. The second-order valence-electron chi connectivity index (χ2n) is 4.58. The van der Waals surface area contributed by atoms with Crippen molar-refractivity contribution in [3.8, 4) is 0 Å². The maximum Gasteiger partial charge on any atom is 0.252 e. The molecule has 0 unspecified atom stereocenters. The number of carbonyl (C=O) groups excluding carboxylic acids is 1. The molecule has 0 radical (unpaired) electrons. The van der Waals surface area contributed by atoms with Crippen molar-refractivity contribution in [2.24, 2.45) is 0 Å². The van der Waals surface area contributed by atoms with E-state index < -0.39 is 15.7 Å². The fourth-order valence-corrected chi connectivity index (χ4v) is 2.74. The molecule has 6 heteroatoms. The molecule has 1 N–H and O–H groups in total. The highest BCUT2D eigenvalue weighted by Crippen LogP contribution is 2.15. The molecule has 0 saturated heterocycles. The van der Waals surface area contributed by atoms with Crippen LogP contribution in [0.2, 0.25) is 0 Å². The van der Waals surface area contributed by atoms with Gasteiger partial charge < -0.3 is 5.32 Å². The number of sulfone groups is 1. The predicted molar refractivity (Wildman–Crippen MR) is 77.1 cm³/mol. The van der Waals surface area contributed by atoms with Gasteiger partial charge in [0.25, 0.3) is 5.91 Å². The van der Waals surface area contributed by atoms with E-state index in [4.69, 9.17) is 0 Å². The standard InChI is InChI=1S/C15H14FNO3S/c1-21(19,20)14-5-3-2-4-13(14)15(18)17-10-11-6-8-12(16)9-7-11/h2-9H,10H2,1H3,(H,17,18). The van der Waals surface area contributed by atoms with Gasteiger partial charge in [-0.2, -0.15) is 0 Å². The van der Waals surface area contributed by atoms with Gasteiger partial charge in [0, 0.05) is 12.8 Å². The number of rotatable bonds is 4. The van der Waals surface area contributed by atoms with Crippen LogP contribution in [0.5, 0.6) is 0 Å². The van der Waals surface area contributed by atoms with Crippen LogP contribution in [-0.2, 0) is 16.4 Å². The Morgan fingerprint density at radius 3 is 2.33 bits per heavy atom. The number of hydrogen-bond acceptors (Lipinski definition) is 3. The number of benzene rings is 2. The van der Waals surface area contributed by atoms with Crippen molar-refractivity contribution in [2.45, 2.75) is 11.4 Å². The smallest absolute Gasteiger partial charge is 0.252 e. The van der Waals surface area contributed by atoms with Crippen molar-refractivity contribution < 1.29 is 17.6 Å². The van der Waals surface area contributed by atoms with Crippen molar-refractivity contribution in [1.29, 1.82) is 0 Å². The van der Waals surface area contributed by atoms with E-state index in [-0.39, 0.29) is 22.8 Å². The average molecular weight is 307 g/mol. The molecule has 0 heterocycles. The van der Waals surface area contributed by atoms with Crippen molar-refractivity contribution in [2.75, 3.05) is 6.26 Å². The van der Waals surface area contributed by atoms with E-state index in [1.165, 1.54) is 24.3 Å². The van der Waals surface area contributed by atoms with Crippen molar-refractivity contribution in [3.63, 3.8) is 0 Å². The third kappa shape index (κ3) is 3.88. The number of halogens is 1. The van der Waals surface area contributed by atoms with Crippen LogP contribution in [0, 0.1) is 5.82 Å². The first-order valence-corrected chi connectivity index (χ1v) is 8.09. The first-order chi connectivity index (χ1) is 9.88.